The summed E-state index contributed by atoms with van der Waals surface area (Å²) in [5, 5.41) is 0.307. The normalized spacial score (nSPS) is 11.0. The molecule has 2 aromatic carbocycles. The van der Waals surface area contributed by atoms with Gasteiger partial charge in [-0.15, -0.1) is 0 Å². The topological polar surface area (TPSA) is 85.4 Å². The maximum absolute atomic E-state index is 12.8. The van der Waals surface area contributed by atoms with Gasteiger partial charge in [0, 0.05) is 16.8 Å². The summed E-state index contributed by atoms with van der Waals surface area (Å²) in [6.07, 6.45) is 1.49. The van der Waals surface area contributed by atoms with E-state index in [0.717, 1.165) is 0 Å². The number of pyridine rings is 1. The second-order valence-electron chi connectivity index (χ2n) is 5.52. The lowest BCUT2D eigenvalue weighted by Crippen LogP contribution is -2.16. The first-order valence-corrected chi connectivity index (χ1v) is 9.69. The predicted octanol–water partition coefficient (Wildman–Crippen LogP) is 3.78. The molecule has 8 heteroatoms. The summed E-state index contributed by atoms with van der Waals surface area (Å²) in [6.45, 7) is 0. The van der Waals surface area contributed by atoms with Gasteiger partial charge in [0.2, 0.25) is 5.78 Å². The van der Waals surface area contributed by atoms with Crippen molar-refractivity contribution in [3.05, 3.63) is 83.1 Å². The van der Waals surface area contributed by atoms with Gasteiger partial charge in [-0.25, -0.2) is 8.42 Å². The van der Waals surface area contributed by atoms with Gasteiger partial charge < -0.3 is 4.74 Å². The van der Waals surface area contributed by atoms with Gasteiger partial charge in [0.1, 0.15) is 11.4 Å². The third-order valence-corrected chi connectivity index (χ3v) is 5.35. The molecule has 3 rings (SSSR count). The molecule has 1 aromatic heterocycles. The van der Waals surface area contributed by atoms with Gasteiger partial charge in [-0.05, 0) is 54.6 Å². The zero-order valence-electron chi connectivity index (χ0n) is 14.2. The minimum Gasteiger partial charge on any atom is -0.497 e. The van der Waals surface area contributed by atoms with Crippen LogP contribution >= 0.6 is 11.6 Å². The summed E-state index contributed by atoms with van der Waals surface area (Å²) < 4.78 is 32.8. The van der Waals surface area contributed by atoms with Crippen molar-refractivity contribution in [2.24, 2.45) is 0 Å². The molecule has 138 valence electrons. The van der Waals surface area contributed by atoms with Gasteiger partial charge in [0.05, 0.1) is 17.7 Å². The Balaban J connectivity index is 1.98. The lowest BCUT2D eigenvalue weighted by atomic mass is 10.1. The van der Waals surface area contributed by atoms with Gasteiger partial charge in [-0.1, -0.05) is 17.7 Å². The van der Waals surface area contributed by atoms with Crippen molar-refractivity contribution in [2.45, 2.75) is 4.90 Å². The minimum absolute atomic E-state index is 0.0366. The van der Waals surface area contributed by atoms with Crippen LogP contribution in [0.5, 0.6) is 5.75 Å². The molecule has 0 radical (unpaired) electrons. The van der Waals surface area contributed by atoms with Crippen molar-refractivity contribution < 1.29 is 17.9 Å². The zero-order chi connectivity index (χ0) is 19.4. The first-order valence-electron chi connectivity index (χ1n) is 7.83. The third kappa shape index (κ3) is 4.27. The molecule has 0 saturated carbocycles. The summed E-state index contributed by atoms with van der Waals surface area (Å²) >= 11 is 6.01. The monoisotopic (exact) mass is 402 g/mol. The van der Waals surface area contributed by atoms with E-state index in [9.17, 15) is 13.2 Å². The summed E-state index contributed by atoms with van der Waals surface area (Å²) in [7, 11) is -2.42. The Kier molecular flexibility index (Phi) is 5.43. The molecule has 0 atom stereocenters. The van der Waals surface area contributed by atoms with Crippen LogP contribution in [0.25, 0.3) is 0 Å². The second-order valence-corrected chi connectivity index (χ2v) is 7.63. The molecule has 27 heavy (non-hydrogen) atoms. The minimum atomic E-state index is -3.91. The number of rotatable bonds is 6. The van der Waals surface area contributed by atoms with Crippen molar-refractivity contribution in [1.82, 2.24) is 4.98 Å². The van der Waals surface area contributed by atoms with Gasteiger partial charge in [0.15, 0.2) is 0 Å². The number of ether oxygens (including phenoxy) is 1. The van der Waals surface area contributed by atoms with E-state index in [2.05, 4.69) is 9.71 Å². The van der Waals surface area contributed by atoms with Gasteiger partial charge >= 0.3 is 0 Å². The molecule has 0 unspecified atom stereocenters. The fourth-order valence-corrected chi connectivity index (χ4v) is 3.64. The molecular weight excluding hydrogens is 388 g/mol. The van der Waals surface area contributed by atoms with Crippen molar-refractivity contribution in [1.29, 1.82) is 0 Å². The maximum Gasteiger partial charge on any atom is 0.261 e. The van der Waals surface area contributed by atoms with Gasteiger partial charge in [-0.3, -0.25) is 14.5 Å². The molecule has 0 saturated heterocycles. The molecule has 0 spiro atoms. The van der Waals surface area contributed by atoms with E-state index in [4.69, 9.17) is 16.3 Å². The lowest BCUT2D eigenvalue weighted by Gasteiger charge is -2.13. The molecule has 0 fully saturated rings. The molecular formula is C19H15ClN2O4S. The Bertz CT molecular complexity index is 1070. The number of ketones is 1. The number of nitrogens with zero attached hydrogens (tertiary/aromatic N) is 1. The van der Waals surface area contributed by atoms with E-state index in [0.29, 0.717) is 10.8 Å². The van der Waals surface area contributed by atoms with E-state index in [1.54, 1.807) is 18.2 Å². The number of nitrogens with one attached hydrogen (secondary N) is 1. The van der Waals surface area contributed by atoms with E-state index in [-0.39, 0.29) is 21.8 Å². The highest BCUT2D eigenvalue weighted by Gasteiger charge is 2.20. The van der Waals surface area contributed by atoms with Crippen LogP contribution in [0.4, 0.5) is 5.69 Å². The Morgan fingerprint density at radius 3 is 2.44 bits per heavy atom. The Hall–Kier alpha value is -2.90. The van der Waals surface area contributed by atoms with Crippen LogP contribution in [-0.4, -0.2) is 26.3 Å². The van der Waals surface area contributed by atoms with Crippen LogP contribution in [0.2, 0.25) is 5.02 Å². The fourth-order valence-electron chi connectivity index (χ4n) is 2.39. The Morgan fingerprint density at radius 1 is 1.07 bits per heavy atom. The number of hydrogen-bond donors (Lipinski definition) is 1. The smallest absolute Gasteiger partial charge is 0.261 e. The number of anilines is 1. The summed E-state index contributed by atoms with van der Waals surface area (Å²) in [5.41, 5.74) is 0.411. The van der Waals surface area contributed by atoms with Gasteiger partial charge in [-0.2, -0.15) is 0 Å². The predicted molar refractivity (Wildman–Crippen MR) is 103 cm³/mol. The van der Waals surface area contributed by atoms with Crippen molar-refractivity contribution in [2.75, 3.05) is 11.8 Å². The molecule has 3 aromatic rings. The Labute approximate surface area is 161 Å². The number of aromatic nitrogens is 1. The SMILES string of the molecule is COc1ccc(S(=O)(=O)Nc2ccc(Cl)cc2C(=O)c2ccccn2)cc1. The van der Waals surface area contributed by atoms with Crippen LogP contribution < -0.4 is 9.46 Å². The average Bonchev–Trinajstić information content (AvgIpc) is 2.69. The average molecular weight is 403 g/mol. The highest BCUT2D eigenvalue weighted by molar-refractivity contribution is 7.92. The number of benzene rings is 2. The largest absolute Gasteiger partial charge is 0.497 e. The first kappa shape index (κ1) is 18.9. The lowest BCUT2D eigenvalue weighted by molar-refractivity contribution is 0.103. The van der Waals surface area contributed by atoms with E-state index >= 15 is 0 Å². The summed E-state index contributed by atoms with van der Waals surface area (Å²) in [5.74, 6) is 0.0944. The zero-order valence-corrected chi connectivity index (χ0v) is 15.8. The highest BCUT2D eigenvalue weighted by atomic mass is 35.5. The number of methoxy groups -OCH3 is 1. The molecule has 1 heterocycles. The number of hydrogen-bond acceptors (Lipinski definition) is 5. The summed E-state index contributed by atoms with van der Waals surface area (Å²) in [6, 6.07) is 15.2. The first-order chi connectivity index (χ1) is 12.9. The van der Waals surface area contributed by atoms with Crippen LogP contribution in [0, 0.1) is 0 Å². The van der Waals surface area contributed by atoms with Gasteiger partial charge in [0.25, 0.3) is 10.0 Å². The van der Waals surface area contributed by atoms with Crippen LogP contribution in [0.1, 0.15) is 16.1 Å². The molecule has 0 bridgehead atoms. The molecule has 0 aliphatic rings. The summed E-state index contributed by atoms with van der Waals surface area (Å²) in [4.78, 5) is 16.8. The molecule has 0 aliphatic carbocycles. The molecule has 0 amide bonds. The van der Waals surface area contributed by atoms with Crippen molar-refractivity contribution in [3.63, 3.8) is 0 Å². The van der Waals surface area contributed by atoms with E-state index in [1.807, 2.05) is 0 Å². The molecule has 0 aliphatic heterocycles. The number of carbonyl (C=O) groups is 1. The van der Waals surface area contributed by atoms with E-state index in [1.165, 1.54) is 55.8 Å². The quantitative estimate of drug-likeness (QED) is 0.634. The fraction of sp³-hybridized carbons (Fsp3) is 0.0526. The van der Waals surface area contributed by atoms with Crippen molar-refractivity contribution in [3.8, 4) is 5.75 Å². The van der Waals surface area contributed by atoms with Crippen molar-refractivity contribution >= 4 is 33.1 Å². The highest BCUT2D eigenvalue weighted by Crippen LogP contribution is 2.26. The standard InChI is InChI=1S/C19H15ClN2O4S/c1-26-14-6-8-15(9-7-14)27(24,25)22-17-10-5-13(20)12-16(17)19(23)18-4-2-3-11-21-18/h2-12,22H,1H3. The maximum atomic E-state index is 12.8. The number of carbonyl (C=O) groups excluding carboxylic acids is 1. The molecule has 6 nitrogen and oxygen atoms in total. The van der Waals surface area contributed by atoms with Crippen LogP contribution in [0.3, 0.4) is 0 Å². The number of halogens is 1. The van der Waals surface area contributed by atoms with E-state index < -0.39 is 15.8 Å². The van der Waals surface area contributed by atoms with Crippen LogP contribution in [0.15, 0.2) is 71.8 Å². The van der Waals surface area contributed by atoms with Crippen LogP contribution in [-0.2, 0) is 10.0 Å². The third-order valence-electron chi connectivity index (χ3n) is 3.74. The second kappa shape index (κ2) is 7.77. The molecule has 1 N–H and O–H groups in total. The Morgan fingerprint density at radius 2 is 1.81 bits per heavy atom. The number of sulfonamides is 1.